The molecule has 0 bridgehead atoms. The van der Waals surface area contributed by atoms with Gasteiger partial charge in [-0.15, -0.1) is 0 Å². The Morgan fingerprint density at radius 2 is 2.07 bits per heavy atom. The molecule has 1 heterocycles. The second kappa shape index (κ2) is 3.50. The Bertz CT molecular complexity index is 471. The summed E-state index contributed by atoms with van der Waals surface area (Å²) in [7, 11) is 1.60. The summed E-state index contributed by atoms with van der Waals surface area (Å²) >= 11 is 0. The van der Waals surface area contributed by atoms with Gasteiger partial charge in [0.15, 0.2) is 0 Å². The molecule has 0 atom stereocenters. The molecule has 0 saturated heterocycles. The summed E-state index contributed by atoms with van der Waals surface area (Å²) in [6.45, 7) is 3.81. The third kappa shape index (κ3) is 1.35. The molecule has 0 aliphatic rings. The second-order valence-corrected chi connectivity index (χ2v) is 3.01. The minimum absolute atomic E-state index is 0.599. The van der Waals surface area contributed by atoms with E-state index in [9.17, 15) is 0 Å². The topological polar surface area (TPSA) is 22.1 Å². The van der Waals surface area contributed by atoms with Crippen LogP contribution < -0.4 is 0 Å². The SMILES string of the molecule is C=C(OC)c1nccc2ccccc12. The van der Waals surface area contributed by atoms with Crippen LogP contribution >= 0.6 is 0 Å². The number of hydrogen-bond donors (Lipinski definition) is 0. The predicted molar refractivity (Wildman–Crippen MR) is 57.8 cm³/mol. The summed E-state index contributed by atoms with van der Waals surface area (Å²) in [5, 5.41) is 2.22. The van der Waals surface area contributed by atoms with Crippen molar-refractivity contribution in [2.75, 3.05) is 7.11 Å². The van der Waals surface area contributed by atoms with Crippen molar-refractivity contribution in [1.29, 1.82) is 0 Å². The number of nitrogens with zero attached hydrogens (tertiary/aromatic N) is 1. The van der Waals surface area contributed by atoms with Gasteiger partial charge in [0.2, 0.25) is 0 Å². The zero-order valence-corrected chi connectivity index (χ0v) is 8.03. The fourth-order valence-corrected chi connectivity index (χ4v) is 1.44. The molecule has 1 aromatic carbocycles. The first kappa shape index (κ1) is 8.75. The number of rotatable bonds is 2. The maximum atomic E-state index is 5.09. The number of aromatic nitrogens is 1. The van der Waals surface area contributed by atoms with Crippen molar-refractivity contribution in [2.45, 2.75) is 0 Å². The molecule has 70 valence electrons. The third-order valence-electron chi connectivity index (χ3n) is 2.18. The van der Waals surface area contributed by atoms with Crippen LogP contribution in [0.2, 0.25) is 0 Å². The van der Waals surface area contributed by atoms with Gasteiger partial charge in [-0.25, -0.2) is 0 Å². The van der Waals surface area contributed by atoms with Gasteiger partial charge in [0.05, 0.1) is 7.11 Å². The zero-order valence-electron chi connectivity index (χ0n) is 8.03. The van der Waals surface area contributed by atoms with Gasteiger partial charge in [0, 0.05) is 11.6 Å². The van der Waals surface area contributed by atoms with Crippen molar-refractivity contribution in [3.8, 4) is 0 Å². The highest BCUT2D eigenvalue weighted by atomic mass is 16.5. The molecule has 14 heavy (non-hydrogen) atoms. The largest absolute Gasteiger partial charge is 0.495 e. The Labute approximate surface area is 82.9 Å². The molecule has 0 fully saturated rings. The fraction of sp³-hybridized carbons (Fsp3) is 0.0833. The average Bonchev–Trinajstić information content (AvgIpc) is 2.27. The van der Waals surface area contributed by atoms with Gasteiger partial charge in [0.1, 0.15) is 11.5 Å². The van der Waals surface area contributed by atoms with E-state index in [0.717, 1.165) is 16.5 Å². The number of ether oxygens (including phenoxy) is 1. The summed E-state index contributed by atoms with van der Waals surface area (Å²) in [5.74, 6) is 0.599. The Morgan fingerprint density at radius 3 is 2.86 bits per heavy atom. The molecule has 0 saturated carbocycles. The van der Waals surface area contributed by atoms with Crippen LogP contribution in [0.1, 0.15) is 5.69 Å². The molecule has 0 aliphatic carbocycles. The van der Waals surface area contributed by atoms with Crippen molar-refractivity contribution in [1.82, 2.24) is 4.98 Å². The van der Waals surface area contributed by atoms with E-state index >= 15 is 0 Å². The molecule has 0 amide bonds. The molecule has 0 N–H and O–H groups in total. The van der Waals surface area contributed by atoms with E-state index in [0.29, 0.717) is 5.76 Å². The van der Waals surface area contributed by atoms with Gasteiger partial charge in [-0.1, -0.05) is 30.8 Å². The maximum absolute atomic E-state index is 5.09. The minimum atomic E-state index is 0.599. The van der Waals surface area contributed by atoms with Crippen LogP contribution in [0.5, 0.6) is 0 Å². The number of benzene rings is 1. The van der Waals surface area contributed by atoms with E-state index < -0.39 is 0 Å². The smallest absolute Gasteiger partial charge is 0.137 e. The van der Waals surface area contributed by atoms with Crippen LogP contribution in [-0.4, -0.2) is 12.1 Å². The second-order valence-electron chi connectivity index (χ2n) is 3.01. The molecule has 1 aromatic heterocycles. The summed E-state index contributed by atoms with van der Waals surface area (Å²) in [5.41, 5.74) is 0.811. The van der Waals surface area contributed by atoms with E-state index in [2.05, 4.69) is 11.6 Å². The van der Waals surface area contributed by atoms with Crippen LogP contribution in [0.3, 0.4) is 0 Å². The number of methoxy groups -OCH3 is 1. The molecule has 2 aromatic rings. The van der Waals surface area contributed by atoms with Crippen LogP contribution in [0.15, 0.2) is 43.1 Å². The van der Waals surface area contributed by atoms with Crippen LogP contribution in [0.4, 0.5) is 0 Å². The van der Waals surface area contributed by atoms with Crippen molar-refractivity contribution in [2.24, 2.45) is 0 Å². The Morgan fingerprint density at radius 1 is 1.29 bits per heavy atom. The lowest BCUT2D eigenvalue weighted by Gasteiger charge is -2.06. The molecule has 0 aliphatic heterocycles. The predicted octanol–water partition coefficient (Wildman–Crippen LogP) is 2.85. The number of hydrogen-bond acceptors (Lipinski definition) is 2. The molecule has 2 heteroatoms. The Kier molecular flexibility index (Phi) is 2.19. The highest BCUT2D eigenvalue weighted by Gasteiger charge is 2.04. The van der Waals surface area contributed by atoms with E-state index in [1.165, 1.54) is 0 Å². The molecular weight excluding hydrogens is 174 g/mol. The van der Waals surface area contributed by atoms with Gasteiger partial charge in [-0.05, 0) is 11.5 Å². The number of fused-ring (bicyclic) bond motifs is 1. The number of pyridine rings is 1. The molecule has 0 spiro atoms. The van der Waals surface area contributed by atoms with Crippen LogP contribution in [0, 0.1) is 0 Å². The van der Waals surface area contributed by atoms with E-state index in [4.69, 9.17) is 4.74 Å². The molecule has 0 radical (unpaired) electrons. The first-order chi connectivity index (χ1) is 6.83. The van der Waals surface area contributed by atoms with Gasteiger partial charge < -0.3 is 4.74 Å². The molecular formula is C12H11NO. The van der Waals surface area contributed by atoms with Crippen molar-refractivity contribution < 1.29 is 4.74 Å². The summed E-state index contributed by atoms with van der Waals surface area (Å²) in [6.07, 6.45) is 1.77. The standard InChI is InChI=1S/C12H11NO/c1-9(14-2)12-11-6-4-3-5-10(11)7-8-13-12/h3-8H,1H2,2H3. The van der Waals surface area contributed by atoms with Crippen molar-refractivity contribution in [3.63, 3.8) is 0 Å². The highest BCUT2D eigenvalue weighted by Crippen LogP contribution is 2.21. The Balaban J connectivity index is 2.71. The lowest BCUT2D eigenvalue weighted by atomic mass is 10.1. The minimum Gasteiger partial charge on any atom is -0.495 e. The van der Waals surface area contributed by atoms with Gasteiger partial charge in [0.25, 0.3) is 0 Å². The third-order valence-corrected chi connectivity index (χ3v) is 2.18. The van der Waals surface area contributed by atoms with Crippen LogP contribution in [-0.2, 0) is 4.74 Å². The van der Waals surface area contributed by atoms with Gasteiger partial charge >= 0.3 is 0 Å². The van der Waals surface area contributed by atoms with E-state index in [1.807, 2.05) is 30.3 Å². The first-order valence-electron chi connectivity index (χ1n) is 4.40. The normalized spacial score (nSPS) is 10.1. The Hall–Kier alpha value is -1.83. The van der Waals surface area contributed by atoms with E-state index in [1.54, 1.807) is 13.3 Å². The lowest BCUT2D eigenvalue weighted by Crippen LogP contribution is -1.91. The van der Waals surface area contributed by atoms with Gasteiger partial charge in [-0.3, -0.25) is 4.98 Å². The average molecular weight is 185 g/mol. The highest BCUT2D eigenvalue weighted by molar-refractivity contribution is 5.90. The monoisotopic (exact) mass is 185 g/mol. The van der Waals surface area contributed by atoms with Crippen molar-refractivity contribution >= 4 is 16.5 Å². The maximum Gasteiger partial charge on any atom is 0.137 e. The summed E-state index contributed by atoms with van der Waals surface area (Å²) < 4.78 is 5.09. The quantitative estimate of drug-likeness (QED) is 0.671. The summed E-state index contributed by atoms with van der Waals surface area (Å²) in [4.78, 5) is 4.25. The first-order valence-corrected chi connectivity index (χ1v) is 4.40. The summed E-state index contributed by atoms with van der Waals surface area (Å²) in [6, 6.07) is 10.0. The molecule has 2 nitrogen and oxygen atoms in total. The zero-order chi connectivity index (χ0) is 9.97. The van der Waals surface area contributed by atoms with Crippen LogP contribution in [0.25, 0.3) is 16.5 Å². The molecule has 2 rings (SSSR count). The lowest BCUT2D eigenvalue weighted by molar-refractivity contribution is 0.370. The molecule has 0 unspecified atom stereocenters. The fourth-order valence-electron chi connectivity index (χ4n) is 1.44. The van der Waals surface area contributed by atoms with E-state index in [-0.39, 0.29) is 0 Å². The van der Waals surface area contributed by atoms with Gasteiger partial charge in [-0.2, -0.15) is 0 Å². The van der Waals surface area contributed by atoms with Crippen molar-refractivity contribution in [3.05, 3.63) is 48.8 Å².